The Labute approximate surface area is 202 Å². The lowest BCUT2D eigenvalue weighted by molar-refractivity contribution is -0.384. The number of anilines is 1. The summed E-state index contributed by atoms with van der Waals surface area (Å²) >= 11 is 5.90. The van der Waals surface area contributed by atoms with Crippen molar-refractivity contribution in [3.63, 3.8) is 0 Å². The molecule has 35 heavy (non-hydrogen) atoms. The van der Waals surface area contributed by atoms with Crippen LogP contribution in [0.4, 0.5) is 11.4 Å². The molecule has 10 nitrogen and oxygen atoms in total. The molecule has 1 atom stereocenters. The van der Waals surface area contributed by atoms with Crippen molar-refractivity contribution >= 4 is 46.4 Å². The molecule has 0 bridgehead atoms. The number of aromatic hydroxyl groups is 1. The van der Waals surface area contributed by atoms with Gasteiger partial charge in [-0.15, -0.1) is 0 Å². The van der Waals surface area contributed by atoms with Crippen molar-refractivity contribution in [3.8, 4) is 5.75 Å². The van der Waals surface area contributed by atoms with Crippen molar-refractivity contribution in [1.29, 1.82) is 0 Å². The van der Waals surface area contributed by atoms with Gasteiger partial charge in [0.25, 0.3) is 17.4 Å². The lowest BCUT2D eigenvalue weighted by Gasteiger charge is -2.25. The smallest absolute Gasteiger partial charge is 0.339 e. The molecular weight excluding hydrogens is 480 g/mol. The molecule has 3 aromatic rings. The molecule has 1 unspecified atom stereocenters. The van der Waals surface area contributed by atoms with Crippen LogP contribution >= 0.6 is 11.6 Å². The van der Waals surface area contributed by atoms with Crippen molar-refractivity contribution < 1.29 is 34.6 Å². The largest absolute Gasteiger partial charge is 0.507 e. The Hall–Kier alpha value is -4.70. The van der Waals surface area contributed by atoms with Gasteiger partial charge in [-0.1, -0.05) is 11.6 Å². The lowest BCUT2D eigenvalue weighted by Crippen LogP contribution is -2.29. The number of carboxylic acid groups (broad SMARTS) is 1. The lowest BCUT2D eigenvalue weighted by atomic mass is 9.95. The zero-order valence-corrected chi connectivity index (χ0v) is 18.3. The van der Waals surface area contributed by atoms with Gasteiger partial charge in [-0.05, 0) is 60.2 Å². The number of carbonyl (C=O) groups excluding carboxylic acids is 2. The van der Waals surface area contributed by atoms with E-state index in [1.165, 1.54) is 54.6 Å². The molecule has 1 heterocycles. The fourth-order valence-electron chi connectivity index (χ4n) is 3.80. The Balaban J connectivity index is 1.96. The van der Waals surface area contributed by atoms with Crippen LogP contribution in [0.15, 0.2) is 72.3 Å². The predicted molar refractivity (Wildman–Crippen MR) is 124 cm³/mol. The maximum absolute atomic E-state index is 13.1. The number of amides is 1. The molecule has 0 spiro atoms. The van der Waals surface area contributed by atoms with Crippen LogP contribution in [-0.4, -0.2) is 37.9 Å². The van der Waals surface area contributed by atoms with Crippen LogP contribution in [-0.2, 0) is 9.59 Å². The van der Waals surface area contributed by atoms with Gasteiger partial charge in [0.15, 0.2) is 0 Å². The van der Waals surface area contributed by atoms with Crippen LogP contribution < -0.4 is 4.90 Å². The second-order valence-corrected chi connectivity index (χ2v) is 7.97. The number of hydrogen-bond acceptors (Lipinski definition) is 7. The van der Waals surface area contributed by atoms with Gasteiger partial charge in [-0.25, -0.2) is 4.79 Å². The highest BCUT2D eigenvalue weighted by Gasteiger charge is 2.47. The average Bonchev–Trinajstić information content (AvgIpc) is 3.09. The number of aliphatic hydroxyl groups excluding tert-OH is 1. The topological polar surface area (TPSA) is 158 Å². The molecule has 0 aliphatic carbocycles. The summed E-state index contributed by atoms with van der Waals surface area (Å²) in [6, 6.07) is 12.9. The monoisotopic (exact) mass is 494 g/mol. The minimum atomic E-state index is -1.46. The zero-order chi connectivity index (χ0) is 25.4. The highest BCUT2D eigenvalue weighted by atomic mass is 35.5. The molecule has 176 valence electrons. The third-order valence-corrected chi connectivity index (χ3v) is 5.72. The Morgan fingerprint density at radius 1 is 0.971 bits per heavy atom. The maximum Gasteiger partial charge on any atom is 0.339 e. The number of halogens is 1. The van der Waals surface area contributed by atoms with Crippen LogP contribution in [0.5, 0.6) is 5.75 Å². The number of rotatable bonds is 5. The molecule has 0 saturated carbocycles. The molecule has 0 aromatic heterocycles. The second kappa shape index (κ2) is 8.92. The third-order valence-electron chi connectivity index (χ3n) is 5.47. The summed E-state index contributed by atoms with van der Waals surface area (Å²) < 4.78 is 0. The summed E-state index contributed by atoms with van der Waals surface area (Å²) in [5.41, 5.74) is -0.658. The molecule has 1 aliphatic rings. The number of phenols is 1. The van der Waals surface area contributed by atoms with Gasteiger partial charge < -0.3 is 15.3 Å². The molecule has 3 N–H and O–H groups in total. The number of nitro groups is 1. The number of non-ortho nitro benzene ring substituents is 1. The first-order chi connectivity index (χ1) is 16.6. The summed E-state index contributed by atoms with van der Waals surface area (Å²) in [5.74, 6) is -4.64. The summed E-state index contributed by atoms with van der Waals surface area (Å²) in [5, 5.41) is 41.7. The highest BCUT2D eigenvalue weighted by molar-refractivity contribution is 6.51. The molecule has 1 aliphatic heterocycles. The molecule has 1 saturated heterocycles. The van der Waals surface area contributed by atoms with E-state index in [0.29, 0.717) is 5.02 Å². The molecule has 1 amide bonds. The second-order valence-electron chi connectivity index (χ2n) is 7.53. The maximum atomic E-state index is 13.1. The minimum Gasteiger partial charge on any atom is -0.507 e. The third kappa shape index (κ3) is 4.18. The van der Waals surface area contributed by atoms with E-state index >= 15 is 0 Å². The number of carboxylic acids is 1. The first-order valence-corrected chi connectivity index (χ1v) is 10.4. The van der Waals surface area contributed by atoms with Gasteiger partial charge in [-0.3, -0.25) is 24.6 Å². The minimum absolute atomic E-state index is 0.0409. The van der Waals surface area contributed by atoms with E-state index in [9.17, 15) is 39.8 Å². The summed E-state index contributed by atoms with van der Waals surface area (Å²) in [6.45, 7) is 0. The fourth-order valence-corrected chi connectivity index (χ4v) is 3.93. The van der Waals surface area contributed by atoms with Gasteiger partial charge in [-0.2, -0.15) is 0 Å². The van der Waals surface area contributed by atoms with Crippen molar-refractivity contribution in [1.82, 2.24) is 0 Å². The number of Topliss-reactive ketones (excluding diaryl/α,β-unsaturated/α-hetero) is 1. The molecule has 1 fully saturated rings. The van der Waals surface area contributed by atoms with E-state index in [-0.39, 0.29) is 28.1 Å². The van der Waals surface area contributed by atoms with Crippen LogP contribution in [0.25, 0.3) is 5.76 Å². The van der Waals surface area contributed by atoms with Crippen LogP contribution in [0.2, 0.25) is 5.02 Å². The number of nitrogens with zero attached hydrogens (tertiary/aromatic N) is 2. The normalized spacial score (nSPS) is 16.9. The summed E-state index contributed by atoms with van der Waals surface area (Å²) in [7, 11) is 0. The standard InChI is InChI=1S/C24H15ClN2O8/c25-14-5-1-13(2-6-14)21(29)19-20(12-3-7-15(8-4-12)27(34)35)26(23(31)22(19)30)16-9-10-18(28)17(11-16)24(32)33/h1-11,20,28-29H,(H,32,33). The Kier molecular flexibility index (Phi) is 5.98. The highest BCUT2D eigenvalue weighted by Crippen LogP contribution is 2.43. The van der Waals surface area contributed by atoms with Gasteiger partial charge in [0, 0.05) is 28.4 Å². The summed E-state index contributed by atoms with van der Waals surface area (Å²) in [4.78, 5) is 49.2. The molecule has 4 rings (SSSR count). The Morgan fingerprint density at radius 3 is 2.17 bits per heavy atom. The number of nitro benzene ring substituents is 1. The molecular formula is C24H15ClN2O8. The SMILES string of the molecule is O=C1C(=O)N(c2ccc(O)c(C(=O)O)c2)C(c2ccc([N+](=O)[O-])cc2)C1=C(O)c1ccc(Cl)cc1. The Morgan fingerprint density at radius 2 is 1.60 bits per heavy atom. The number of ketones is 1. The van der Waals surface area contributed by atoms with Crippen LogP contribution in [0.1, 0.15) is 27.5 Å². The van der Waals surface area contributed by atoms with E-state index in [2.05, 4.69) is 0 Å². The van der Waals surface area contributed by atoms with Crippen LogP contribution in [0.3, 0.4) is 0 Å². The first-order valence-electron chi connectivity index (χ1n) is 9.97. The van der Waals surface area contributed by atoms with E-state index in [1.54, 1.807) is 0 Å². The van der Waals surface area contributed by atoms with Crippen molar-refractivity contribution in [2.45, 2.75) is 6.04 Å². The molecule has 3 aromatic carbocycles. The number of carbonyl (C=O) groups is 3. The van der Waals surface area contributed by atoms with Gasteiger partial charge in [0.2, 0.25) is 0 Å². The number of benzene rings is 3. The predicted octanol–water partition coefficient (Wildman–Crippen LogP) is 4.28. The summed E-state index contributed by atoms with van der Waals surface area (Å²) in [6.07, 6.45) is 0. The van der Waals surface area contributed by atoms with Gasteiger partial charge >= 0.3 is 5.97 Å². The van der Waals surface area contributed by atoms with Gasteiger partial charge in [0.1, 0.15) is 17.1 Å². The number of aromatic carboxylic acids is 1. The van der Waals surface area contributed by atoms with E-state index in [0.717, 1.165) is 17.0 Å². The van der Waals surface area contributed by atoms with Crippen LogP contribution in [0, 0.1) is 10.1 Å². The van der Waals surface area contributed by atoms with Crippen molar-refractivity contribution in [2.24, 2.45) is 0 Å². The van der Waals surface area contributed by atoms with E-state index in [1.807, 2.05) is 0 Å². The van der Waals surface area contributed by atoms with E-state index < -0.39 is 45.7 Å². The van der Waals surface area contributed by atoms with E-state index in [4.69, 9.17) is 11.6 Å². The Bertz CT molecular complexity index is 1410. The zero-order valence-electron chi connectivity index (χ0n) is 17.6. The quantitative estimate of drug-likeness (QED) is 0.156. The number of hydrogen-bond donors (Lipinski definition) is 3. The molecule has 11 heteroatoms. The average molecular weight is 495 g/mol. The number of aliphatic hydroxyl groups is 1. The van der Waals surface area contributed by atoms with Crippen molar-refractivity contribution in [2.75, 3.05) is 4.90 Å². The molecule has 0 radical (unpaired) electrons. The fraction of sp³-hybridized carbons (Fsp3) is 0.0417. The van der Waals surface area contributed by atoms with Crippen molar-refractivity contribution in [3.05, 3.63) is 104 Å². The van der Waals surface area contributed by atoms with Gasteiger partial charge in [0.05, 0.1) is 16.5 Å². The first kappa shape index (κ1) is 23.5.